The van der Waals surface area contributed by atoms with Gasteiger partial charge < -0.3 is 0 Å². The summed E-state index contributed by atoms with van der Waals surface area (Å²) in [6.07, 6.45) is 1.67. The number of nitriles is 1. The molecule has 0 radical (unpaired) electrons. The third-order valence-electron chi connectivity index (χ3n) is 3.47. The molecule has 0 aliphatic carbocycles. The predicted molar refractivity (Wildman–Crippen MR) is 84.3 cm³/mol. The average molecular weight is 331 g/mol. The Balaban J connectivity index is 2.54. The van der Waals surface area contributed by atoms with Gasteiger partial charge in [0.1, 0.15) is 0 Å². The van der Waals surface area contributed by atoms with E-state index in [1.807, 2.05) is 13.0 Å². The highest BCUT2D eigenvalue weighted by Gasteiger charge is 2.27. The number of hydrogen-bond acceptors (Lipinski definition) is 5. The Morgan fingerprint density at radius 1 is 1.13 bits per heavy atom. The van der Waals surface area contributed by atoms with Crippen LogP contribution in [0.4, 0.5) is 11.4 Å². The number of hydrogen-bond donors (Lipinski definition) is 0. The van der Waals surface area contributed by atoms with E-state index in [4.69, 9.17) is 0 Å². The van der Waals surface area contributed by atoms with Crippen molar-refractivity contribution in [3.05, 3.63) is 63.7 Å². The molecule has 0 spiro atoms. The SMILES string of the molecule is Cc1cccc(N(C#N)S(=O)(=O)c2ccc([N+](=O)[O-])cc2)c1C. The molecule has 23 heavy (non-hydrogen) atoms. The molecule has 2 aromatic rings. The monoisotopic (exact) mass is 331 g/mol. The van der Waals surface area contributed by atoms with Crippen molar-refractivity contribution < 1.29 is 13.3 Å². The fourth-order valence-corrected chi connectivity index (χ4v) is 3.29. The van der Waals surface area contributed by atoms with E-state index in [-0.39, 0.29) is 16.3 Å². The minimum atomic E-state index is -4.14. The van der Waals surface area contributed by atoms with Crippen LogP contribution in [0, 0.1) is 35.4 Å². The van der Waals surface area contributed by atoms with Gasteiger partial charge in [0.25, 0.3) is 15.7 Å². The molecular formula is C15H13N3O4S. The largest absolute Gasteiger partial charge is 0.276 e. The van der Waals surface area contributed by atoms with Gasteiger partial charge in [-0.3, -0.25) is 10.1 Å². The molecule has 0 saturated carbocycles. The number of rotatable bonds is 4. The summed E-state index contributed by atoms with van der Waals surface area (Å²) in [5, 5.41) is 20.0. The second kappa shape index (κ2) is 6.06. The van der Waals surface area contributed by atoms with Crippen LogP contribution in [0.15, 0.2) is 47.4 Å². The van der Waals surface area contributed by atoms with Crippen molar-refractivity contribution in [2.45, 2.75) is 18.7 Å². The Hall–Kier alpha value is -2.92. The number of nitro groups is 1. The highest BCUT2D eigenvalue weighted by molar-refractivity contribution is 7.93. The Bertz CT molecular complexity index is 899. The fraction of sp³-hybridized carbons (Fsp3) is 0.133. The van der Waals surface area contributed by atoms with Gasteiger partial charge in [0, 0.05) is 12.1 Å². The molecule has 0 bridgehead atoms. The molecule has 0 saturated heterocycles. The normalized spacial score (nSPS) is 10.8. The molecule has 0 aliphatic heterocycles. The smallest absolute Gasteiger partial charge is 0.258 e. The zero-order valence-electron chi connectivity index (χ0n) is 12.4. The number of non-ortho nitro benzene ring substituents is 1. The van der Waals surface area contributed by atoms with Gasteiger partial charge in [0.2, 0.25) is 0 Å². The van der Waals surface area contributed by atoms with Gasteiger partial charge in [0.15, 0.2) is 6.19 Å². The second-order valence-electron chi connectivity index (χ2n) is 4.84. The second-order valence-corrected chi connectivity index (χ2v) is 6.63. The van der Waals surface area contributed by atoms with Gasteiger partial charge in [-0.15, -0.1) is 0 Å². The summed E-state index contributed by atoms with van der Waals surface area (Å²) in [5.74, 6) is 0. The fourth-order valence-electron chi connectivity index (χ4n) is 2.04. The Morgan fingerprint density at radius 3 is 2.26 bits per heavy atom. The minimum absolute atomic E-state index is 0.189. The first-order valence-corrected chi connectivity index (χ1v) is 7.99. The van der Waals surface area contributed by atoms with Crippen molar-refractivity contribution in [2.24, 2.45) is 0 Å². The van der Waals surface area contributed by atoms with Crippen molar-refractivity contribution in [1.82, 2.24) is 0 Å². The highest BCUT2D eigenvalue weighted by Crippen LogP contribution is 2.28. The van der Waals surface area contributed by atoms with E-state index in [9.17, 15) is 23.8 Å². The molecule has 8 heteroatoms. The van der Waals surface area contributed by atoms with Crippen molar-refractivity contribution in [1.29, 1.82) is 5.26 Å². The third kappa shape index (κ3) is 3.00. The molecule has 118 valence electrons. The average Bonchev–Trinajstić information content (AvgIpc) is 2.52. The molecule has 0 aliphatic rings. The summed E-state index contributed by atoms with van der Waals surface area (Å²) in [6, 6.07) is 9.41. The standard InChI is InChI=1S/C15H13N3O4S/c1-11-4-3-5-15(12(11)2)17(10-16)23(21,22)14-8-6-13(7-9-14)18(19)20/h3-9H,1-2H3. The first-order valence-electron chi connectivity index (χ1n) is 6.54. The molecule has 0 aromatic heterocycles. The van der Waals surface area contributed by atoms with Crippen LogP contribution in [0.25, 0.3) is 0 Å². The quantitative estimate of drug-likeness (QED) is 0.371. The van der Waals surface area contributed by atoms with Crippen LogP contribution in [-0.2, 0) is 10.0 Å². The van der Waals surface area contributed by atoms with Crippen LogP contribution in [-0.4, -0.2) is 13.3 Å². The van der Waals surface area contributed by atoms with Gasteiger partial charge in [-0.2, -0.15) is 18.0 Å². The van der Waals surface area contributed by atoms with Gasteiger partial charge in [-0.05, 0) is 43.2 Å². The third-order valence-corrected chi connectivity index (χ3v) is 5.10. The van der Waals surface area contributed by atoms with E-state index in [0.29, 0.717) is 9.87 Å². The summed E-state index contributed by atoms with van der Waals surface area (Å²) >= 11 is 0. The van der Waals surface area contributed by atoms with Crippen molar-refractivity contribution >= 4 is 21.4 Å². The van der Waals surface area contributed by atoms with Crippen molar-refractivity contribution in [3.63, 3.8) is 0 Å². The number of sulfonamides is 1. The Kier molecular flexibility index (Phi) is 4.33. The van der Waals surface area contributed by atoms with Crippen LogP contribution in [0.3, 0.4) is 0 Å². The molecule has 0 atom stereocenters. The molecular weight excluding hydrogens is 318 g/mol. The van der Waals surface area contributed by atoms with Crippen LogP contribution in [0.1, 0.15) is 11.1 Å². The lowest BCUT2D eigenvalue weighted by Crippen LogP contribution is -2.26. The molecule has 0 N–H and O–H groups in total. The maximum absolute atomic E-state index is 12.6. The zero-order chi connectivity index (χ0) is 17.2. The number of nitro benzene ring substituents is 1. The maximum atomic E-state index is 12.6. The predicted octanol–water partition coefficient (Wildman–Crippen LogP) is 2.89. The van der Waals surface area contributed by atoms with E-state index >= 15 is 0 Å². The topological polar surface area (TPSA) is 104 Å². The van der Waals surface area contributed by atoms with Crippen molar-refractivity contribution in [3.8, 4) is 6.19 Å². The van der Waals surface area contributed by atoms with E-state index in [1.54, 1.807) is 19.2 Å². The maximum Gasteiger partial charge on any atom is 0.276 e. The molecule has 0 unspecified atom stereocenters. The van der Waals surface area contributed by atoms with Gasteiger partial charge in [-0.25, -0.2) is 0 Å². The molecule has 0 amide bonds. The van der Waals surface area contributed by atoms with E-state index in [2.05, 4.69) is 0 Å². The van der Waals surface area contributed by atoms with E-state index in [0.717, 1.165) is 29.8 Å². The summed E-state index contributed by atoms with van der Waals surface area (Å²) in [4.78, 5) is 9.84. The number of benzene rings is 2. The molecule has 2 aromatic carbocycles. The molecule has 0 heterocycles. The van der Waals surface area contributed by atoms with Crippen molar-refractivity contribution in [2.75, 3.05) is 4.31 Å². The Labute approximate surface area is 133 Å². The molecule has 2 rings (SSSR count). The summed E-state index contributed by atoms with van der Waals surface area (Å²) < 4.78 is 25.9. The number of aryl methyl sites for hydroxylation is 1. The minimum Gasteiger partial charge on any atom is -0.258 e. The van der Waals surface area contributed by atoms with E-state index < -0.39 is 14.9 Å². The molecule has 0 fully saturated rings. The summed E-state index contributed by atoms with van der Waals surface area (Å²) in [5.41, 5.74) is 1.55. The van der Waals surface area contributed by atoms with Crippen LogP contribution in [0.2, 0.25) is 0 Å². The van der Waals surface area contributed by atoms with Crippen LogP contribution < -0.4 is 4.31 Å². The molecule has 7 nitrogen and oxygen atoms in total. The first kappa shape index (κ1) is 16.5. The summed E-state index contributed by atoms with van der Waals surface area (Å²) in [6.45, 7) is 3.53. The zero-order valence-corrected chi connectivity index (χ0v) is 13.2. The lowest BCUT2D eigenvalue weighted by molar-refractivity contribution is -0.384. The number of nitrogens with zero attached hydrogens (tertiary/aromatic N) is 3. The number of anilines is 1. The summed E-state index contributed by atoms with van der Waals surface area (Å²) in [7, 11) is -4.14. The Morgan fingerprint density at radius 2 is 1.74 bits per heavy atom. The van der Waals surface area contributed by atoms with Crippen LogP contribution in [0.5, 0.6) is 0 Å². The first-order chi connectivity index (χ1) is 10.8. The lowest BCUT2D eigenvalue weighted by atomic mass is 10.1. The van der Waals surface area contributed by atoms with Crippen LogP contribution >= 0.6 is 0 Å². The van der Waals surface area contributed by atoms with Gasteiger partial charge >= 0.3 is 0 Å². The van der Waals surface area contributed by atoms with Gasteiger partial charge in [-0.1, -0.05) is 12.1 Å². The highest BCUT2D eigenvalue weighted by atomic mass is 32.2. The van der Waals surface area contributed by atoms with E-state index in [1.165, 1.54) is 6.07 Å². The van der Waals surface area contributed by atoms with Gasteiger partial charge in [0.05, 0.1) is 15.5 Å². The lowest BCUT2D eigenvalue weighted by Gasteiger charge is -2.19.